The number of carboxylic acids is 1. The summed E-state index contributed by atoms with van der Waals surface area (Å²) < 4.78 is 0. The van der Waals surface area contributed by atoms with Crippen molar-refractivity contribution in [1.82, 2.24) is 16.2 Å². The van der Waals surface area contributed by atoms with Crippen molar-refractivity contribution in [2.75, 3.05) is 6.54 Å². The lowest BCUT2D eigenvalue weighted by molar-refractivity contribution is -0.143. The van der Waals surface area contributed by atoms with Crippen LogP contribution in [0.3, 0.4) is 0 Å². The summed E-state index contributed by atoms with van der Waals surface area (Å²) >= 11 is 0. The van der Waals surface area contributed by atoms with Crippen LogP contribution < -0.4 is 16.2 Å². The standard InChI is InChI=1S/C8H15N3O4/c1-5(12)10-11-6(13)4-9-8(2,3)7(14)15/h9H,4H2,1-3H3,(H,10,12)(H,11,13)(H,14,15). The average Bonchev–Trinajstić information content (AvgIpc) is 2.11. The Labute approximate surface area is 87.2 Å². The number of carbonyl (C=O) groups excluding carboxylic acids is 2. The van der Waals surface area contributed by atoms with E-state index in [0.29, 0.717) is 0 Å². The van der Waals surface area contributed by atoms with Gasteiger partial charge in [-0.3, -0.25) is 30.6 Å². The molecule has 0 rings (SSSR count). The fourth-order valence-electron chi connectivity index (χ4n) is 0.579. The van der Waals surface area contributed by atoms with Crippen LogP contribution in [0.4, 0.5) is 0 Å². The molecule has 0 aliphatic carbocycles. The Morgan fingerprint density at radius 1 is 1.20 bits per heavy atom. The molecule has 0 fully saturated rings. The number of rotatable bonds is 4. The van der Waals surface area contributed by atoms with Gasteiger partial charge in [-0.2, -0.15) is 0 Å². The third kappa shape index (κ3) is 5.63. The van der Waals surface area contributed by atoms with Gasteiger partial charge < -0.3 is 5.11 Å². The first-order chi connectivity index (χ1) is 6.75. The van der Waals surface area contributed by atoms with Crippen LogP contribution in [0.15, 0.2) is 0 Å². The Morgan fingerprint density at radius 2 is 1.73 bits per heavy atom. The van der Waals surface area contributed by atoms with E-state index in [4.69, 9.17) is 5.11 Å². The quantitative estimate of drug-likeness (QED) is 0.433. The summed E-state index contributed by atoms with van der Waals surface area (Å²) in [4.78, 5) is 32.1. The van der Waals surface area contributed by atoms with Gasteiger partial charge in [0.2, 0.25) is 5.91 Å². The van der Waals surface area contributed by atoms with Gasteiger partial charge in [-0.15, -0.1) is 0 Å². The highest BCUT2D eigenvalue weighted by Crippen LogP contribution is 2.00. The number of nitrogens with one attached hydrogen (secondary N) is 3. The van der Waals surface area contributed by atoms with Gasteiger partial charge in [-0.1, -0.05) is 0 Å². The molecule has 0 heterocycles. The molecule has 7 heteroatoms. The first kappa shape index (κ1) is 13.4. The Balaban J connectivity index is 3.90. The fraction of sp³-hybridized carbons (Fsp3) is 0.625. The highest BCUT2D eigenvalue weighted by atomic mass is 16.4. The molecular weight excluding hydrogens is 202 g/mol. The molecule has 0 aromatic rings. The molecule has 0 bridgehead atoms. The number of carbonyl (C=O) groups is 3. The van der Waals surface area contributed by atoms with Crippen molar-refractivity contribution in [3.8, 4) is 0 Å². The summed E-state index contributed by atoms with van der Waals surface area (Å²) in [6.07, 6.45) is 0. The van der Waals surface area contributed by atoms with Crippen LogP contribution in [0.5, 0.6) is 0 Å². The van der Waals surface area contributed by atoms with Crippen LogP contribution in [-0.2, 0) is 14.4 Å². The maximum Gasteiger partial charge on any atom is 0.323 e. The number of amides is 2. The predicted molar refractivity (Wildman–Crippen MR) is 51.7 cm³/mol. The Hall–Kier alpha value is -1.63. The summed E-state index contributed by atoms with van der Waals surface area (Å²) in [5.74, 6) is -1.98. The summed E-state index contributed by atoms with van der Waals surface area (Å²) in [5, 5.41) is 11.2. The number of hydrazine groups is 1. The first-order valence-corrected chi connectivity index (χ1v) is 4.29. The van der Waals surface area contributed by atoms with Crippen LogP contribution in [0.25, 0.3) is 0 Å². The van der Waals surface area contributed by atoms with Crippen LogP contribution in [0.1, 0.15) is 20.8 Å². The van der Waals surface area contributed by atoms with Gasteiger partial charge in [0.25, 0.3) is 5.91 Å². The Kier molecular flexibility index (Phi) is 4.72. The normalized spacial score (nSPS) is 10.6. The molecule has 0 aliphatic heterocycles. The predicted octanol–water partition coefficient (Wildman–Crippen LogP) is -1.39. The number of carboxylic acid groups (broad SMARTS) is 1. The molecule has 0 radical (unpaired) electrons. The zero-order valence-corrected chi connectivity index (χ0v) is 8.88. The van der Waals surface area contributed by atoms with Crippen LogP contribution in [0.2, 0.25) is 0 Å². The van der Waals surface area contributed by atoms with Gasteiger partial charge in [0.15, 0.2) is 0 Å². The van der Waals surface area contributed by atoms with Crippen molar-refractivity contribution in [3.05, 3.63) is 0 Å². The smallest absolute Gasteiger partial charge is 0.323 e. The highest BCUT2D eigenvalue weighted by Gasteiger charge is 2.26. The molecule has 0 unspecified atom stereocenters. The van der Waals surface area contributed by atoms with E-state index in [1.165, 1.54) is 20.8 Å². The molecule has 2 amide bonds. The monoisotopic (exact) mass is 217 g/mol. The largest absolute Gasteiger partial charge is 0.480 e. The Bertz CT molecular complexity index is 275. The molecule has 15 heavy (non-hydrogen) atoms. The van der Waals surface area contributed by atoms with Gasteiger partial charge in [0.1, 0.15) is 5.54 Å². The molecule has 0 saturated heterocycles. The number of hydrogen-bond donors (Lipinski definition) is 4. The van der Waals surface area contributed by atoms with Gasteiger partial charge >= 0.3 is 5.97 Å². The minimum absolute atomic E-state index is 0.195. The van der Waals surface area contributed by atoms with Crippen molar-refractivity contribution in [1.29, 1.82) is 0 Å². The van der Waals surface area contributed by atoms with Crippen molar-refractivity contribution in [2.45, 2.75) is 26.3 Å². The third-order valence-corrected chi connectivity index (χ3v) is 1.60. The lowest BCUT2D eigenvalue weighted by atomic mass is 10.1. The number of hydrogen-bond acceptors (Lipinski definition) is 4. The molecule has 0 aliphatic rings. The van der Waals surface area contributed by atoms with Gasteiger partial charge in [-0.25, -0.2) is 0 Å². The van der Waals surface area contributed by atoms with E-state index in [1.807, 2.05) is 0 Å². The van der Waals surface area contributed by atoms with E-state index in [0.717, 1.165) is 0 Å². The van der Waals surface area contributed by atoms with E-state index in [-0.39, 0.29) is 6.54 Å². The molecule has 0 aromatic carbocycles. The summed E-state index contributed by atoms with van der Waals surface area (Å²) in [7, 11) is 0. The maximum absolute atomic E-state index is 11.0. The number of aliphatic carboxylic acids is 1. The van der Waals surface area contributed by atoms with E-state index >= 15 is 0 Å². The lowest BCUT2D eigenvalue weighted by Gasteiger charge is -2.20. The van der Waals surface area contributed by atoms with Crippen molar-refractivity contribution >= 4 is 17.8 Å². The van der Waals surface area contributed by atoms with Crippen LogP contribution in [-0.4, -0.2) is 35.0 Å². The molecule has 0 aromatic heterocycles. The topological polar surface area (TPSA) is 108 Å². The van der Waals surface area contributed by atoms with E-state index in [2.05, 4.69) is 16.2 Å². The second-order valence-electron chi connectivity index (χ2n) is 3.51. The van der Waals surface area contributed by atoms with Crippen molar-refractivity contribution in [3.63, 3.8) is 0 Å². The minimum atomic E-state index is -1.19. The van der Waals surface area contributed by atoms with Gasteiger partial charge in [0.05, 0.1) is 6.54 Å². The van der Waals surface area contributed by atoms with E-state index in [9.17, 15) is 14.4 Å². The second kappa shape index (κ2) is 5.30. The Morgan fingerprint density at radius 3 is 2.13 bits per heavy atom. The zero-order chi connectivity index (χ0) is 12.1. The zero-order valence-electron chi connectivity index (χ0n) is 8.88. The second-order valence-corrected chi connectivity index (χ2v) is 3.51. The molecule has 0 atom stereocenters. The molecule has 7 nitrogen and oxygen atoms in total. The molecular formula is C8H15N3O4. The van der Waals surface area contributed by atoms with Crippen LogP contribution >= 0.6 is 0 Å². The molecule has 0 spiro atoms. The molecule has 4 N–H and O–H groups in total. The minimum Gasteiger partial charge on any atom is -0.480 e. The summed E-state index contributed by atoms with van der Waals surface area (Å²) in [5.41, 5.74) is 3.00. The summed E-state index contributed by atoms with van der Waals surface area (Å²) in [6.45, 7) is 3.91. The SMILES string of the molecule is CC(=O)NNC(=O)CNC(C)(C)C(=O)O. The van der Waals surface area contributed by atoms with Crippen LogP contribution in [0, 0.1) is 0 Å². The molecule has 86 valence electrons. The van der Waals surface area contributed by atoms with Gasteiger partial charge in [0, 0.05) is 6.92 Å². The fourth-order valence-corrected chi connectivity index (χ4v) is 0.579. The first-order valence-electron chi connectivity index (χ1n) is 4.29. The summed E-state index contributed by atoms with van der Waals surface area (Å²) in [6, 6.07) is 0. The molecule has 0 saturated carbocycles. The lowest BCUT2D eigenvalue weighted by Crippen LogP contribution is -2.52. The third-order valence-electron chi connectivity index (χ3n) is 1.60. The highest BCUT2D eigenvalue weighted by molar-refractivity contribution is 5.83. The average molecular weight is 217 g/mol. The van der Waals surface area contributed by atoms with Gasteiger partial charge in [-0.05, 0) is 13.8 Å². The van der Waals surface area contributed by atoms with Crippen molar-refractivity contribution in [2.24, 2.45) is 0 Å². The van der Waals surface area contributed by atoms with E-state index < -0.39 is 23.3 Å². The van der Waals surface area contributed by atoms with Crippen molar-refractivity contribution < 1.29 is 19.5 Å². The van der Waals surface area contributed by atoms with E-state index in [1.54, 1.807) is 0 Å². The maximum atomic E-state index is 11.0.